The van der Waals surface area contributed by atoms with Crippen molar-refractivity contribution in [2.75, 3.05) is 25.5 Å². The Bertz CT molecular complexity index is 571. The molecule has 0 spiro atoms. The zero-order chi connectivity index (χ0) is 13.9. The van der Waals surface area contributed by atoms with Crippen LogP contribution in [0.25, 0.3) is 5.65 Å². The van der Waals surface area contributed by atoms with Crippen molar-refractivity contribution in [2.24, 2.45) is 0 Å². The summed E-state index contributed by atoms with van der Waals surface area (Å²) in [6.45, 7) is 3.99. The SMILES string of the molecule is Cc1cccn2nc(NCCN(C)C3CCCC3)nc12. The van der Waals surface area contributed by atoms with E-state index in [-0.39, 0.29) is 0 Å². The van der Waals surface area contributed by atoms with Gasteiger partial charge in [-0.2, -0.15) is 4.98 Å². The van der Waals surface area contributed by atoms with E-state index in [0.717, 1.165) is 36.3 Å². The highest BCUT2D eigenvalue weighted by molar-refractivity contribution is 5.49. The molecule has 0 radical (unpaired) electrons. The molecule has 0 unspecified atom stereocenters. The number of nitrogens with zero attached hydrogens (tertiary/aromatic N) is 4. The first-order valence-electron chi connectivity index (χ1n) is 7.50. The third kappa shape index (κ3) is 2.77. The van der Waals surface area contributed by atoms with Crippen LogP contribution in [0.5, 0.6) is 0 Å². The molecule has 2 aromatic rings. The second-order valence-corrected chi connectivity index (χ2v) is 5.74. The van der Waals surface area contributed by atoms with Crippen LogP contribution in [-0.4, -0.2) is 45.7 Å². The fourth-order valence-electron chi connectivity index (χ4n) is 2.99. The van der Waals surface area contributed by atoms with E-state index in [9.17, 15) is 0 Å². The van der Waals surface area contributed by atoms with Crippen molar-refractivity contribution in [1.29, 1.82) is 0 Å². The lowest BCUT2D eigenvalue weighted by molar-refractivity contribution is 0.254. The first-order valence-corrected chi connectivity index (χ1v) is 7.50. The highest BCUT2D eigenvalue weighted by Crippen LogP contribution is 2.21. The summed E-state index contributed by atoms with van der Waals surface area (Å²) in [4.78, 5) is 6.99. The van der Waals surface area contributed by atoms with Gasteiger partial charge in [-0.3, -0.25) is 0 Å². The van der Waals surface area contributed by atoms with Crippen LogP contribution in [0, 0.1) is 6.92 Å². The van der Waals surface area contributed by atoms with Gasteiger partial charge in [-0.1, -0.05) is 18.9 Å². The molecule has 0 atom stereocenters. The third-order valence-corrected chi connectivity index (χ3v) is 4.25. The number of fused-ring (bicyclic) bond motifs is 1. The number of pyridine rings is 1. The number of hydrogen-bond donors (Lipinski definition) is 1. The number of aromatic nitrogens is 3. The quantitative estimate of drug-likeness (QED) is 0.908. The molecule has 1 aliphatic carbocycles. The number of aryl methyl sites for hydroxylation is 1. The number of nitrogens with one attached hydrogen (secondary N) is 1. The van der Waals surface area contributed by atoms with Crippen LogP contribution in [0.2, 0.25) is 0 Å². The fraction of sp³-hybridized carbons (Fsp3) is 0.600. The Balaban J connectivity index is 1.55. The van der Waals surface area contributed by atoms with Gasteiger partial charge in [0.05, 0.1) is 0 Å². The van der Waals surface area contributed by atoms with Crippen LogP contribution in [0.4, 0.5) is 5.95 Å². The van der Waals surface area contributed by atoms with Crippen molar-refractivity contribution < 1.29 is 0 Å². The molecule has 108 valence electrons. The lowest BCUT2D eigenvalue weighted by atomic mass is 10.2. The number of rotatable bonds is 5. The Morgan fingerprint density at radius 2 is 2.20 bits per heavy atom. The van der Waals surface area contributed by atoms with E-state index >= 15 is 0 Å². The van der Waals surface area contributed by atoms with E-state index in [2.05, 4.69) is 40.3 Å². The fourth-order valence-corrected chi connectivity index (χ4v) is 2.99. The van der Waals surface area contributed by atoms with E-state index in [4.69, 9.17) is 0 Å². The molecule has 3 rings (SSSR count). The molecule has 1 fully saturated rings. The maximum absolute atomic E-state index is 4.53. The van der Waals surface area contributed by atoms with Crippen LogP contribution >= 0.6 is 0 Å². The monoisotopic (exact) mass is 273 g/mol. The van der Waals surface area contributed by atoms with E-state index in [1.165, 1.54) is 25.7 Å². The van der Waals surface area contributed by atoms with Gasteiger partial charge in [-0.05, 0) is 38.4 Å². The van der Waals surface area contributed by atoms with Crippen molar-refractivity contribution in [2.45, 2.75) is 38.6 Å². The molecular weight excluding hydrogens is 250 g/mol. The first-order chi connectivity index (χ1) is 9.74. The van der Waals surface area contributed by atoms with Crippen molar-refractivity contribution in [3.63, 3.8) is 0 Å². The maximum atomic E-state index is 4.53. The summed E-state index contributed by atoms with van der Waals surface area (Å²) in [5.74, 6) is 0.721. The zero-order valence-electron chi connectivity index (χ0n) is 12.3. The summed E-state index contributed by atoms with van der Waals surface area (Å²) in [6, 6.07) is 4.82. The van der Waals surface area contributed by atoms with Crippen LogP contribution in [0.15, 0.2) is 18.3 Å². The van der Waals surface area contributed by atoms with Gasteiger partial charge >= 0.3 is 0 Å². The van der Waals surface area contributed by atoms with E-state index in [1.54, 1.807) is 0 Å². The molecular formula is C15H23N5. The van der Waals surface area contributed by atoms with Gasteiger partial charge in [-0.15, -0.1) is 5.10 Å². The molecule has 1 N–H and O–H groups in total. The summed E-state index contributed by atoms with van der Waals surface area (Å²) >= 11 is 0. The van der Waals surface area contributed by atoms with Crippen molar-refractivity contribution in [1.82, 2.24) is 19.5 Å². The highest BCUT2D eigenvalue weighted by atomic mass is 15.3. The standard InChI is InChI=1S/C15H23N5/c1-12-6-5-10-20-14(12)17-15(18-20)16-9-11-19(2)13-7-3-4-8-13/h5-6,10,13H,3-4,7-9,11H2,1-2H3,(H,16,18). The minimum absolute atomic E-state index is 0.721. The van der Waals surface area contributed by atoms with Gasteiger partial charge < -0.3 is 10.2 Å². The topological polar surface area (TPSA) is 45.5 Å². The Kier molecular flexibility index (Phi) is 3.87. The van der Waals surface area contributed by atoms with Gasteiger partial charge in [0, 0.05) is 25.3 Å². The maximum Gasteiger partial charge on any atom is 0.243 e. The van der Waals surface area contributed by atoms with Crippen molar-refractivity contribution in [3.8, 4) is 0 Å². The third-order valence-electron chi connectivity index (χ3n) is 4.25. The lowest BCUT2D eigenvalue weighted by Gasteiger charge is -2.23. The summed E-state index contributed by atoms with van der Waals surface area (Å²) in [6.07, 6.45) is 7.40. The second kappa shape index (κ2) is 5.79. The van der Waals surface area contributed by atoms with Crippen LogP contribution < -0.4 is 5.32 Å². The van der Waals surface area contributed by atoms with Crippen LogP contribution in [-0.2, 0) is 0 Å². The minimum atomic E-state index is 0.721. The Labute approximate surface area is 120 Å². The van der Waals surface area contributed by atoms with E-state index < -0.39 is 0 Å². The molecule has 5 nitrogen and oxygen atoms in total. The van der Waals surface area contributed by atoms with Crippen LogP contribution in [0.3, 0.4) is 0 Å². The molecule has 0 bridgehead atoms. The predicted octanol–water partition coefficient (Wildman–Crippen LogP) is 2.32. The van der Waals surface area contributed by atoms with Crippen molar-refractivity contribution >= 4 is 11.6 Å². The normalized spacial score (nSPS) is 16.4. The molecule has 0 aromatic carbocycles. The number of likely N-dealkylation sites (N-methyl/N-ethyl adjacent to an activating group) is 1. The van der Waals surface area contributed by atoms with Gasteiger partial charge in [0.2, 0.25) is 5.95 Å². The number of anilines is 1. The molecule has 1 saturated carbocycles. The second-order valence-electron chi connectivity index (χ2n) is 5.74. The summed E-state index contributed by atoms with van der Waals surface area (Å²) in [7, 11) is 2.22. The Morgan fingerprint density at radius 1 is 1.40 bits per heavy atom. The molecule has 2 heterocycles. The molecule has 5 heteroatoms. The minimum Gasteiger partial charge on any atom is -0.352 e. The van der Waals surface area contributed by atoms with E-state index in [0.29, 0.717) is 0 Å². The average Bonchev–Trinajstić information content (AvgIpc) is 3.07. The van der Waals surface area contributed by atoms with Crippen LogP contribution in [0.1, 0.15) is 31.2 Å². The van der Waals surface area contributed by atoms with Gasteiger partial charge in [0.15, 0.2) is 5.65 Å². The smallest absolute Gasteiger partial charge is 0.243 e. The highest BCUT2D eigenvalue weighted by Gasteiger charge is 2.18. The lowest BCUT2D eigenvalue weighted by Crippen LogP contribution is -2.33. The Hall–Kier alpha value is -1.62. The van der Waals surface area contributed by atoms with E-state index in [1.807, 2.05) is 16.8 Å². The van der Waals surface area contributed by atoms with Gasteiger partial charge in [0.1, 0.15) is 0 Å². The molecule has 0 aliphatic heterocycles. The zero-order valence-corrected chi connectivity index (χ0v) is 12.3. The summed E-state index contributed by atoms with van der Waals surface area (Å²) in [5, 5.41) is 7.77. The molecule has 2 aromatic heterocycles. The van der Waals surface area contributed by atoms with Crippen molar-refractivity contribution in [3.05, 3.63) is 23.9 Å². The summed E-state index contributed by atoms with van der Waals surface area (Å²) in [5.41, 5.74) is 2.08. The van der Waals surface area contributed by atoms with Gasteiger partial charge in [-0.25, -0.2) is 4.52 Å². The largest absolute Gasteiger partial charge is 0.352 e. The first kappa shape index (κ1) is 13.4. The average molecular weight is 273 g/mol. The molecule has 1 aliphatic rings. The predicted molar refractivity (Wildman–Crippen MR) is 81.1 cm³/mol. The summed E-state index contributed by atoms with van der Waals surface area (Å²) < 4.78 is 1.83. The Morgan fingerprint density at radius 3 is 2.95 bits per heavy atom. The molecule has 20 heavy (non-hydrogen) atoms. The number of hydrogen-bond acceptors (Lipinski definition) is 4. The van der Waals surface area contributed by atoms with Gasteiger partial charge in [0.25, 0.3) is 0 Å². The molecule has 0 saturated heterocycles. The molecule has 0 amide bonds.